The van der Waals surface area contributed by atoms with Gasteiger partial charge in [0.05, 0.1) is 46.2 Å². The Morgan fingerprint density at radius 2 is 1.67 bits per heavy atom. The number of carbonyl (C=O) groups excluding carboxylic acids is 1. The highest BCUT2D eigenvalue weighted by atomic mass is 16.6. The number of benzene rings is 2. The summed E-state index contributed by atoms with van der Waals surface area (Å²) < 4.78 is 26.1. The number of esters is 1. The quantitative estimate of drug-likeness (QED) is 0.209. The number of methoxy groups -OCH3 is 1. The van der Waals surface area contributed by atoms with E-state index in [0.717, 1.165) is 42.6 Å². The topological polar surface area (TPSA) is 90.2 Å². The van der Waals surface area contributed by atoms with Crippen LogP contribution in [0.4, 0.5) is 5.69 Å². The van der Waals surface area contributed by atoms with Crippen molar-refractivity contribution in [3.63, 3.8) is 0 Å². The normalized spacial score (nSPS) is 14.3. The summed E-state index contributed by atoms with van der Waals surface area (Å²) in [6, 6.07) is 14.1. The molecule has 3 rings (SSSR count). The van der Waals surface area contributed by atoms with E-state index in [4.69, 9.17) is 23.7 Å². The molecule has 2 aromatic rings. The largest absolute Gasteiger partial charge is 0.459 e. The summed E-state index contributed by atoms with van der Waals surface area (Å²) in [6.45, 7) is 5.43. The van der Waals surface area contributed by atoms with Gasteiger partial charge in [-0.1, -0.05) is 18.2 Å². The van der Waals surface area contributed by atoms with Crippen LogP contribution in [-0.2, 0) is 28.5 Å². The molecule has 2 aromatic carbocycles. The van der Waals surface area contributed by atoms with E-state index >= 15 is 0 Å². The number of ether oxygens (including phenoxy) is 5. The molecule has 1 fully saturated rings. The third-order valence-electron chi connectivity index (χ3n) is 5.14. The monoisotopic (exact) mass is 454 g/mol. The zero-order valence-electron chi connectivity index (χ0n) is 19.0. The van der Waals surface area contributed by atoms with Gasteiger partial charge in [0.15, 0.2) is 0 Å². The molecule has 176 valence electrons. The van der Waals surface area contributed by atoms with E-state index < -0.39 is 5.97 Å². The van der Waals surface area contributed by atoms with Gasteiger partial charge in [0, 0.05) is 25.9 Å². The number of nitrogens with zero attached hydrogens (tertiary/aromatic N) is 2. The molecule has 0 bridgehead atoms. The molecule has 0 aromatic heterocycles. The summed E-state index contributed by atoms with van der Waals surface area (Å²) in [4.78, 5) is 14.6. The number of carbonyl (C=O) groups is 1. The minimum atomic E-state index is -0.666. The highest BCUT2D eigenvalue weighted by Crippen LogP contribution is 2.24. The van der Waals surface area contributed by atoms with Crippen LogP contribution in [0.1, 0.15) is 5.56 Å². The lowest BCUT2D eigenvalue weighted by Crippen LogP contribution is -2.36. The van der Waals surface area contributed by atoms with E-state index in [0.29, 0.717) is 26.4 Å². The van der Waals surface area contributed by atoms with Crippen LogP contribution >= 0.6 is 0 Å². The Bertz CT molecular complexity index is 979. The standard InChI is InChI=1S/C25H30N2O6/c1-29-10-11-31-12-13-32-14-15-33-25(28)23(19-26)17-20-2-3-22-18-24(5-4-21(22)16-20)27-6-8-30-9-7-27/h2-5,16-18H,6-15H2,1H3/b23-17+. The minimum Gasteiger partial charge on any atom is -0.459 e. The number of morpholine rings is 1. The number of hydrogen-bond donors (Lipinski definition) is 0. The Morgan fingerprint density at radius 3 is 2.39 bits per heavy atom. The zero-order chi connectivity index (χ0) is 23.3. The predicted molar refractivity (Wildman–Crippen MR) is 125 cm³/mol. The van der Waals surface area contributed by atoms with Crippen LogP contribution in [0.5, 0.6) is 0 Å². The van der Waals surface area contributed by atoms with Gasteiger partial charge in [0.25, 0.3) is 0 Å². The molecule has 1 aliphatic heterocycles. The number of nitriles is 1. The molecule has 0 aliphatic carbocycles. The molecule has 0 amide bonds. The first-order chi connectivity index (χ1) is 16.2. The van der Waals surface area contributed by atoms with Gasteiger partial charge in [-0.15, -0.1) is 0 Å². The van der Waals surface area contributed by atoms with Gasteiger partial charge in [0.1, 0.15) is 18.2 Å². The van der Waals surface area contributed by atoms with Crippen LogP contribution in [0.3, 0.4) is 0 Å². The average Bonchev–Trinajstić information content (AvgIpc) is 2.86. The summed E-state index contributed by atoms with van der Waals surface area (Å²) in [7, 11) is 1.61. The van der Waals surface area contributed by atoms with Crippen molar-refractivity contribution in [2.75, 3.05) is 78.0 Å². The van der Waals surface area contributed by atoms with E-state index in [9.17, 15) is 10.1 Å². The molecule has 0 spiro atoms. The third kappa shape index (κ3) is 7.84. The van der Waals surface area contributed by atoms with Gasteiger partial charge >= 0.3 is 5.97 Å². The van der Waals surface area contributed by atoms with E-state index in [-0.39, 0.29) is 18.8 Å². The van der Waals surface area contributed by atoms with Crippen molar-refractivity contribution in [1.82, 2.24) is 0 Å². The fraction of sp³-hybridized carbons (Fsp3) is 0.440. The smallest absolute Gasteiger partial charge is 0.348 e. The number of fused-ring (bicyclic) bond motifs is 1. The van der Waals surface area contributed by atoms with Crippen molar-refractivity contribution >= 4 is 28.5 Å². The Labute approximate surface area is 194 Å². The second-order valence-corrected chi connectivity index (χ2v) is 7.41. The van der Waals surface area contributed by atoms with Crippen molar-refractivity contribution < 1.29 is 28.5 Å². The molecule has 0 unspecified atom stereocenters. The maximum atomic E-state index is 12.2. The minimum absolute atomic E-state index is 0.0535. The first kappa shape index (κ1) is 24.7. The Hall–Kier alpha value is -2.96. The van der Waals surface area contributed by atoms with Crippen LogP contribution < -0.4 is 4.90 Å². The zero-order valence-corrected chi connectivity index (χ0v) is 19.0. The number of anilines is 1. The summed E-state index contributed by atoms with van der Waals surface area (Å²) in [5, 5.41) is 11.5. The van der Waals surface area contributed by atoms with Crippen LogP contribution in [0.2, 0.25) is 0 Å². The lowest BCUT2D eigenvalue weighted by molar-refractivity contribution is -0.140. The SMILES string of the molecule is COCCOCCOCCOC(=O)/C(C#N)=C/c1ccc2cc(N3CCOCC3)ccc2c1. The van der Waals surface area contributed by atoms with Crippen molar-refractivity contribution in [2.45, 2.75) is 0 Å². The van der Waals surface area contributed by atoms with Gasteiger partial charge in [-0.2, -0.15) is 5.26 Å². The average molecular weight is 455 g/mol. The molecular formula is C25H30N2O6. The van der Waals surface area contributed by atoms with E-state index in [2.05, 4.69) is 23.1 Å². The van der Waals surface area contributed by atoms with E-state index in [1.807, 2.05) is 24.3 Å². The fourth-order valence-corrected chi connectivity index (χ4v) is 3.40. The lowest BCUT2D eigenvalue weighted by Gasteiger charge is -2.29. The summed E-state index contributed by atoms with van der Waals surface area (Å²) in [5.41, 5.74) is 1.88. The lowest BCUT2D eigenvalue weighted by atomic mass is 10.0. The molecule has 8 nitrogen and oxygen atoms in total. The van der Waals surface area contributed by atoms with Gasteiger partial charge < -0.3 is 28.6 Å². The van der Waals surface area contributed by atoms with Crippen molar-refractivity contribution in [1.29, 1.82) is 5.26 Å². The molecule has 0 atom stereocenters. The molecule has 0 saturated carbocycles. The highest BCUT2D eigenvalue weighted by molar-refractivity contribution is 5.98. The first-order valence-corrected chi connectivity index (χ1v) is 11.0. The molecule has 1 heterocycles. The van der Waals surface area contributed by atoms with E-state index in [1.54, 1.807) is 13.2 Å². The van der Waals surface area contributed by atoms with Crippen molar-refractivity contribution in [2.24, 2.45) is 0 Å². The first-order valence-electron chi connectivity index (χ1n) is 11.0. The maximum Gasteiger partial charge on any atom is 0.348 e. The van der Waals surface area contributed by atoms with Gasteiger partial charge in [-0.25, -0.2) is 4.79 Å². The van der Waals surface area contributed by atoms with Crippen LogP contribution in [0.15, 0.2) is 42.0 Å². The van der Waals surface area contributed by atoms with Crippen LogP contribution in [-0.4, -0.2) is 79.0 Å². The molecular weight excluding hydrogens is 424 g/mol. The second-order valence-electron chi connectivity index (χ2n) is 7.41. The van der Waals surface area contributed by atoms with Crippen molar-refractivity contribution in [3.05, 3.63) is 47.5 Å². The maximum absolute atomic E-state index is 12.2. The molecule has 0 radical (unpaired) electrons. The Morgan fingerprint density at radius 1 is 1.00 bits per heavy atom. The van der Waals surface area contributed by atoms with Gasteiger partial charge in [0.2, 0.25) is 0 Å². The predicted octanol–water partition coefficient (Wildman–Crippen LogP) is 2.81. The van der Waals surface area contributed by atoms with Gasteiger partial charge in [-0.05, 0) is 40.6 Å². The van der Waals surface area contributed by atoms with E-state index in [1.165, 1.54) is 5.69 Å². The fourth-order valence-electron chi connectivity index (χ4n) is 3.40. The Kier molecular flexibility index (Phi) is 10.1. The molecule has 8 heteroatoms. The highest BCUT2D eigenvalue weighted by Gasteiger charge is 2.13. The third-order valence-corrected chi connectivity index (χ3v) is 5.14. The summed E-state index contributed by atoms with van der Waals surface area (Å²) >= 11 is 0. The van der Waals surface area contributed by atoms with Gasteiger partial charge in [-0.3, -0.25) is 0 Å². The second kappa shape index (κ2) is 13.6. The molecule has 0 N–H and O–H groups in total. The van der Waals surface area contributed by atoms with Crippen molar-refractivity contribution in [3.8, 4) is 6.07 Å². The summed E-state index contributed by atoms with van der Waals surface area (Å²) in [5.74, 6) is -0.666. The number of rotatable bonds is 12. The van der Waals surface area contributed by atoms with Crippen LogP contribution in [0, 0.1) is 11.3 Å². The number of hydrogen-bond acceptors (Lipinski definition) is 8. The van der Waals surface area contributed by atoms with Crippen LogP contribution in [0.25, 0.3) is 16.8 Å². The molecule has 1 aliphatic rings. The molecule has 1 saturated heterocycles. The Balaban J connectivity index is 1.51. The summed E-state index contributed by atoms with van der Waals surface area (Å²) in [6.07, 6.45) is 1.54. The molecule has 33 heavy (non-hydrogen) atoms.